The van der Waals surface area contributed by atoms with Gasteiger partial charge in [-0.2, -0.15) is 0 Å². The lowest BCUT2D eigenvalue weighted by molar-refractivity contribution is -0.0669. The highest BCUT2D eigenvalue weighted by atomic mass is 16.5. The Labute approximate surface area is 106 Å². The number of rotatable bonds is 4. The maximum atomic E-state index is 10.8. The van der Waals surface area contributed by atoms with E-state index in [0.29, 0.717) is 5.76 Å². The molecule has 0 aliphatic heterocycles. The number of para-hydroxylation sites is 1. The van der Waals surface area contributed by atoms with Crippen LogP contribution in [0.3, 0.4) is 0 Å². The number of benzene rings is 1. The van der Waals surface area contributed by atoms with E-state index in [1.54, 1.807) is 7.11 Å². The van der Waals surface area contributed by atoms with Gasteiger partial charge in [-0.1, -0.05) is 18.2 Å². The molecule has 0 radical (unpaired) electrons. The van der Waals surface area contributed by atoms with Gasteiger partial charge in [0.05, 0.1) is 6.61 Å². The number of aliphatic hydroxyl groups is 1. The fourth-order valence-electron chi connectivity index (χ4n) is 2.59. The van der Waals surface area contributed by atoms with Crippen LogP contribution in [0.1, 0.15) is 24.2 Å². The normalized spacial score (nSPS) is 19.1. The van der Waals surface area contributed by atoms with Crippen molar-refractivity contribution in [3.63, 3.8) is 0 Å². The molecule has 18 heavy (non-hydrogen) atoms. The molecule has 1 fully saturated rings. The summed E-state index contributed by atoms with van der Waals surface area (Å²) in [5.41, 5.74) is 0.984. The van der Waals surface area contributed by atoms with Crippen molar-refractivity contribution in [2.24, 2.45) is 5.92 Å². The summed E-state index contributed by atoms with van der Waals surface area (Å²) in [4.78, 5) is 0. The molecule has 1 aliphatic carbocycles. The molecule has 3 rings (SSSR count). The molecule has 3 heteroatoms. The molecule has 1 atom stereocenters. The Kier molecular flexibility index (Phi) is 2.68. The van der Waals surface area contributed by atoms with Crippen molar-refractivity contribution in [2.75, 3.05) is 13.7 Å². The van der Waals surface area contributed by atoms with Crippen molar-refractivity contribution in [3.05, 3.63) is 35.6 Å². The van der Waals surface area contributed by atoms with Crippen LogP contribution in [-0.2, 0) is 10.3 Å². The van der Waals surface area contributed by atoms with Crippen molar-refractivity contribution in [2.45, 2.75) is 25.4 Å². The molecule has 1 N–H and O–H groups in total. The Hall–Kier alpha value is -1.32. The Morgan fingerprint density at radius 3 is 2.83 bits per heavy atom. The van der Waals surface area contributed by atoms with E-state index in [1.165, 1.54) is 0 Å². The molecule has 1 aromatic carbocycles. The summed E-state index contributed by atoms with van der Waals surface area (Å²) in [6.07, 6.45) is 2.08. The first-order valence-electron chi connectivity index (χ1n) is 6.36. The summed E-state index contributed by atoms with van der Waals surface area (Å²) in [7, 11) is 1.61. The highest BCUT2D eigenvalue weighted by Crippen LogP contribution is 2.47. The maximum absolute atomic E-state index is 10.8. The van der Waals surface area contributed by atoms with Gasteiger partial charge in [0.1, 0.15) is 16.9 Å². The minimum atomic E-state index is -0.972. The number of aryl methyl sites for hydroxylation is 1. The summed E-state index contributed by atoms with van der Waals surface area (Å²) in [6, 6.07) is 7.97. The maximum Gasteiger partial charge on any atom is 0.148 e. The van der Waals surface area contributed by atoms with Crippen LogP contribution in [0, 0.1) is 12.8 Å². The fraction of sp³-hybridized carbons (Fsp3) is 0.467. The Morgan fingerprint density at radius 2 is 2.22 bits per heavy atom. The summed E-state index contributed by atoms with van der Waals surface area (Å²) < 4.78 is 11.1. The molecular weight excluding hydrogens is 228 g/mol. The van der Waals surface area contributed by atoms with Gasteiger partial charge in [0, 0.05) is 12.5 Å². The van der Waals surface area contributed by atoms with Crippen molar-refractivity contribution in [1.29, 1.82) is 0 Å². The predicted octanol–water partition coefficient (Wildman–Crippen LogP) is 2.99. The second-order valence-electron chi connectivity index (χ2n) is 5.24. The number of furan rings is 1. The minimum absolute atomic E-state index is 0.262. The number of hydrogen-bond acceptors (Lipinski definition) is 3. The largest absolute Gasteiger partial charge is 0.458 e. The molecular formula is C15H18O3. The van der Waals surface area contributed by atoms with Gasteiger partial charge in [0.25, 0.3) is 0 Å². The molecule has 0 spiro atoms. The van der Waals surface area contributed by atoms with Gasteiger partial charge in [-0.3, -0.25) is 0 Å². The van der Waals surface area contributed by atoms with Gasteiger partial charge < -0.3 is 14.3 Å². The van der Waals surface area contributed by atoms with Gasteiger partial charge in [-0.05, 0) is 37.3 Å². The van der Waals surface area contributed by atoms with E-state index in [4.69, 9.17) is 9.15 Å². The third-order valence-electron chi connectivity index (χ3n) is 3.78. The minimum Gasteiger partial charge on any atom is -0.458 e. The molecule has 0 bridgehead atoms. The smallest absolute Gasteiger partial charge is 0.148 e. The average Bonchev–Trinajstić information content (AvgIpc) is 3.10. The first-order valence-corrected chi connectivity index (χ1v) is 6.36. The molecule has 1 aromatic heterocycles. The molecule has 2 aromatic rings. The second kappa shape index (κ2) is 4.11. The van der Waals surface area contributed by atoms with E-state index >= 15 is 0 Å². The van der Waals surface area contributed by atoms with Crippen LogP contribution in [0.15, 0.2) is 28.7 Å². The molecule has 1 aliphatic rings. The first-order chi connectivity index (χ1) is 8.65. The Bertz CT molecular complexity index is 568. The molecule has 0 saturated heterocycles. The Balaban J connectivity index is 2.09. The van der Waals surface area contributed by atoms with Crippen molar-refractivity contribution in [3.8, 4) is 0 Å². The third kappa shape index (κ3) is 1.74. The predicted molar refractivity (Wildman–Crippen MR) is 69.4 cm³/mol. The van der Waals surface area contributed by atoms with Gasteiger partial charge in [-0.25, -0.2) is 0 Å². The Morgan fingerprint density at radius 1 is 1.44 bits per heavy atom. The highest BCUT2D eigenvalue weighted by Gasteiger charge is 2.47. The van der Waals surface area contributed by atoms with E-state index < -0.39 is 5.60 Å². The number of hydrogen-bond donors (Lipinski definition) is 1. The van der Waals surface area contributed by atoms with Crippen LogP contribution in [-0.4, -0.2) is 18.8 Å². The van der Waals surface area contributed by atoms with E-state index in [0.717, 1.165) is 29.4 Å². The number of ether oxygens (including phenoxy) is 1. The van der Waals surface area contributed by atoms with E-state index in [-0.39, 0.29) is 12.5 Å². The monoisotopic (exact) mass is 246 g/mol. The first kappa shape index (κ1) is 11.8. The van der Waals surface area contributed by atoms with Crippen LogP contribution < -0.4 is 0 Å². The quantitative estimate of drug-likeness (QED) is 0.901. The molecule has 1 saturated carbocycles. The van der Waals surface area contributed by atoms with Crippen LogP contribution in [0.4, 0.5) is 0 Å². The van der Waals surface area contributed by atoms with Crippen molar-refractivity contribution < 1.29 is 14.3 Å². The third-order valence-corrected chi connectivity index (χ3v) is 3.78. The van der Waals surface area contributed by atoms with Gasteiger partial charge >= 0.3 is 0 Å². The zero-order valence-corrected chi connectivity index (χ0v) is 10.8. The lowest BCUT2D eigenvalue weighted by Gasteiger charge is -2.24. The fourth-order valence-corrected chi connectivity index (χ4v) is 2.59. The lowest BCUT2D eigenvalue weighted by atomic mass is 9.95. The van der Waals surface area contributed by atoms with Gasteiger partial charge in [0.2, 0.25) is 0 Å². The summed E-state index contributed by atoms with van der Waals surface area (Å²) in [6.45, 7) is 2.30. The zero-order chi connectivity index (χ0) is 12.8. The van der Waals surface area contributed by atoms with E-state index in [2.05, 4.69) is 0 Å². The van der Waals surface area contributed by atoms with Crippen LogP contribution in [0.2, 0.25) is 0 Å². The number of fused-ring (bicyclic) bond motifs is 1. The average molecular weight is 246 g/mol. The zero-order valence-electron chi connectivity index (χ0n) is 10.8. The second-order valence-corrected chi connectivity index (χ2v) is 5.24. The van der Waals surface area contributed by atoms with Crippen molar-refractivity contribution >= 4 is 11.0 Å². The topological polar surface area (TPSA) is 42.6 Å². The summed E-state index contributed by atoms with van der Waals surface area (Å²) in [5.74, 6) is 0.898. The lowest BCUT2D eigenvalue weighted by Crippen LogP contribution is -2.33. The molecule has 3 nitrogen and oxygen atoms in total. The molecule has 1 heterocycles. The van der Waals surface area contributed by atoms with Crippen molar-refractivity contribution in [1.82, 2.24) is 0 Å². The van der Waals surface area contributed by atoms with Crippen LogP contribution in [0.25, 0.3) is 11.0 Å². The number of methoxy groups -OCH3 is 1. The van der Waals surface area contributed by atoms with Crippen LogP contribution in [0.5, 0.6) is 0 Å². The van der Waals surface area contributed by atoms with Gasteiger partial charge in [0.15, 0.2) is 0 Å². The highest BCUT2D eigenvalue weighted by molar-refractivity contribution is 5.81. The van der Waals surface area contributed by atoms with Crippen LogP contribution >= 0.6 is 0 Å². The molecule has 1 unspecified atom stereocenters. The summed E-state index contributed by atoms with van der Waals surface area (Å²) >= 11 is 0. The van der Waals surface area contributed by atoms with E-state index in [1.807, 2.05) is 31.2 Å². The molecule has 96 valence electrons. The van der Waals surface area contributed by atoms with Gasteiger partial charge in [-0.15, -0.1) is 0 Å². The standard InChI is InChI=1S/C15H18O3/c1-10-4-3-5-11-8-13(18-14(10)11)15(16,9-17-2)12-6-7-12/h3-5,8,12,16H,6-7,9H2,1-2H3. The van der Waals surface area contributed by atoms with E-state index in [9.17, 15) is 5.11 Å². The summed E-state index contributed by atoms with van der Waals surface area (Å²) in [5, 5.41) is 11.8. The SMILES string of the molecule is COCC(O)(c1cc2cccc(C)c2o1)C1CC1. The molecule has 0 amide bonds.